The molecule has 0 heterocycles. The van der Waals surface area contributed by atoms with Crippen LogP contribution in [0.5, 0.6) is 5.75 Å². The molecule has 0 aliphatic rings. The van der Waals surface area contributed by atoms with Crippen molar-refractivity contribution in [2.24, 2.45) is 4.99 Å². The number of carbonyl (C=O) groups is 2. The maximum Gasteiger partial charge on any atom is 0.414 e. The highest BCUT2D eigenvalue weighted by Crippen LogP contribution is 2.13. The Bertz CT molecular complexity index is 653. The summed E-state index contributed by atoms with van der Waals surface area (Å²) in [6.45, 7) is 13.2. The van der Waals surface area contributed by atoms with Crippen molar-refractivity contribution in [2.75, 3.05) is 6.61 Å². The Kier molecular flexibility index (Phi) is 8.28. The Labute approximate surface area is 166 Å². The van der Waals surface area contributed by atoms with Gasteiger partial charge < -0.3 is 14.2 Å². The van der Waals surface area contributed by atoms with E-state index in [0.29, 0.717) is 6.61 Å². The molecule has 0 fully saturated rings. The van der Waals surface area contributed by atoms with Crippen LogP contribution in [0.15, 0.2) is 29.3 Å². The van der Waals surface area contributed by atoms with E-state index in [-0.39, 0.29) is 12.5 Å². The van der Waals surface area contributed by atoms with Crippen molar-refractivity contribution in [2.45, 2.75) is 66.2 Å². The summed E-state index contributed by atoms with van der Waals surface area (Å²) in [6.07, 6.45) is -1.46. The van der Waals surface area contributed by atoms with Crippen molar-refractivity contribution in [1.29, 1.82) is 0 Å². The van der Waals surface area contributed by atoms with Gasteiger partial charge in [0.1, 0.15) is 17.0 Å². The molecule has 0 saturated carbocycles. The SMILES string of the molecule is CCOc1ccc(CN=C(NC(=O)OC(C)(C)C)NC(=O)OC(C)(C)C)cc1. The second-order valence-corrected chi connectivity index (χ2v) is 8.00. The van der Waals surface area contributed by atoms with Crippen molar-refractivity contribution < 1.29 is 23.8 Å². The number of nitrogens with one attached hydrogen (secondary N) is 2. The van der Waals surface area contributed by atoms with E-state index in [1.165, 1.54) is 0 Å². The quantitative estimate of drug-likeness (QED) is 0.595. The van der Waals surface area contributed by atoms with Crippen LogP contribution in [-0.4, -0.2) is 36.0 Å². The van der Waals surface area contributed by atoms with Gasteiger partial charge in [-0.25, -0.2) is 14.6 Å². The summed E-state index contributed by atoms with van der Waals surface area (Å²) in [7, 11) is 0. The van der Waals surface area contributed by atoms with Gasteiger partial charge in [0.05, 0.1) is 13.2 Å². The third kappa shape index (κ3) is 10.4. The minimum Gasteiger partial charge on any atom is -0.494 e. The lowest BCUT2D eigenvalue weighted by atomic mass is 10.2. The largest absolute Gasteiger partial charge is 0.494 e. The lowest BCUT2D eigenvalue weighted by molar-refractivity contribution is 0.0545. The Balaban J connectivity index is 2.86. The number of carbonyl (C=O) groups excluding carboxylic acids is 2. The van der Waals surface area contributed by atoms with Gasteiger partial charge in [-0.3, -0.25) is 10.6 Å². The monoisotopic (exact) mass is 393 g/mol. The second-order valence-electron chi connectivity index (χ2n) is 8.00. The average Bonchev–Trinajstić information content (AvgIpc) is 2.50. The normalized spacial score (nSPS) is 11.2. The molecule has 8 heteroatoms. The molecule has 0 saturated heterocycles. The number of guanidine groups is 1. The highest BCUT2D eigenvalue weighted by Gasteiger charge is 2.21. The number of benzene rings is 1. The van der Waals surface area contributed by atoms with E-state index < -0.39 is 23.4 Å². The minimum atomic E-state index is -0.728. The smallest absolute Gasteiger partial charge is 0.414 e. The van der Waals surface area contributed by atoms with Crippen molar-refractivity contribution in [1.82, 2.24) is 10.6 Å². The maximum absolute atomic E-state index is 12.0. The minimum absolute atomic E-state index is 0.0580. The number of amides is 2. The summed E-state index contributed by atoms with van der Waals surface area (Å²) in [6, 6.07) is 7.37. The Morgan fingerprint density at radius 3 is 1.75 bits per heavy atom. The van der Waals surface area contributed by atoms with Gasteiger partial charge in [-0.15, -0.1) is 0 Å². The van der Waals surface area contributed by atoms with Gasteiger partial charge in [-0.2, -0.15) is 0 Å². The number of hydrogen-bond acceptors (Lipinski definition) is 6. The zero-order valence-electron chi connectivity index (χ0n) is 17.7. The first-order chi connectivity index (χ1) is 12.9. The summed E-state index contributed by atoms with van der Waals surface area (Å²) in [4.78, 5) is 28.3. The summed E-state index contributed by atoms with van der Waals surface area (Å²) >= 11 is 0. The van der Waals surface area contributed by atoms with Crippen LogP contribution in [0.2, 0.25) is 0 Å². The highest BCUT2D eigenvalue weighted by molar-refractivity contribution is 6.01. The van der Waals surface area contributed by atoms with E-state index in [9.17, 15) is 9.59 Å². The highest BCUT2D eigenvalue weighted by atomic mass is 16.6. The summed E-state index contributed by atoms with van der Waals surface area (Å²) in [5.41, 5.74) is -0.496. The van der Waals surface area contributed by atoms with Crippen molar-refractivity contribution in [3.63, 3.8) is 0 Å². The predicted octanol–water partition coefficient (Wildman–Crippen LogP) is 3.99. The number of alkyl carbamates (subject to hydrolysis) is 2. The van der Waals surface area contributed by atoms with Crippen LogP contribution in [-0.2, 0) is 16.0 Å². The lowest BCUT2D eigenvalue weighted by Gasteiger charge is -2.22. The van der Waals surface area contributed by atoms with Crippen molar-refractivity contribution in [3.8, 4) is 5.75 Å². The first kappa shape index (κ1) is 23.3. The molecule has 0 aromatic heterocycles. The molecule has 0 aliphatic heterocycles. The van der Waals surface area contributed by atoms with Gasteiger partial charge in [0.2, 0.25) is 5.96 Å². The van der Waals surface area contributed by atoms with Crippen LogP contribution in [0.3, 0.4) is 0 Å². The number of aliphatic imine (C=N–C) groups is 1. The summed E-state index contributed by atoms with van der Waals surface area (Å²) in [5, 5.41) is 4.89. The molecular weight excluding hydrogens is 362 g/mol. The second kappa shape index (κ2) is 9.96. The molecule has 2 N–H and O–H groups in total. The Morgan fingerprint density at radius 2 is 1.36 bits per heavy atom. The molecule has 0 radical (unpaired) electrons. The van der Waals surface area contributed by atoms with Gasteiger partial charge in [-0.1, -0.05) is 12.1 Å². The summed E-state index contributed by atoms with van der Waals surface area (Å²) in [5.74, 6) is 0.701. The van der Waals surface area contributed by atoms with Gasteiger partial charge >= 0.3 is 12.2 Å². The lowest BCUT2D eigenvalue weighted by Crippen LogP contribution is -2.47. The average molecular weight is 393 g/mol. The number of rotatable bonds is 4. The Hall–Kier alpha value is -2.77. The number of nitrogens with zero attached hydrogens (tertiary/aromatic N) is 1. The molecular formula is C20H31N3O5. The summed E-state index contributed by atoms with van der Waals surface area (Å²) < 4.78 is 15.8. The molecule has 156 valence electrons. The molecule has 1 rings (SSSR count). The fourth-order valence-corrected chi connectivity index (χ4v) is 1.94. The third-order valence-electron chi connectivity index (χ3n) is 2.89. The third-order valence-corrected chi connectivity index (χ3v) is 2.89. The molecule has 1 aromatic rings. The first-order valence-corrected chi connectivity index (χ1v) is 9.14. The number of hydrogen-bond donors (Lipinski definition) is 2. The van der Waals surface area contributed by atoms with Crippen LogP contribution in [0.1, 0.15) is 54.0 Å². The fourth-order valence-electron chi connectivity index (χ4n) is 1.94. The molecule has 28 heavy (non-hydrogen) atoms. The van der Waals surface area contributed by atoms with Gasteiger partial charge in [-0.05, 0) is 66.2 Å². The van der Waals surface area contributed by atoms with Crippen molar-refractivity contribution in [3.05, 3.63) is 29.8 Å². The molecule has 0 spiro atoms. The topological polar surface area (TPSA) is 98.3 Å². The van der Waals surface area contributed by atoms with Crippen LogP contribution in [0.25, 0.3) is 0 Å². The predicted molar refractivity (Wildman–Crippen MR) is 107 cm³/mol. The molecule has 1 aromatic carbocycles. The molecule has 0 atom stereocenters. The molecule has 8 nitrogen and oxygen atoms in total. The van der Waals surface area contributed by atoms with Gasteiger partial charge in [0.15, 0.2) is 0 Å². The zero-order valence-corrected chi connectivity index (χ0v) is 17.7. The van der Waals surface area contributed by atoms with Crippen LogP contribution in [0, 0.1) is 0 Å². The fraction of sp³-hybridized carbons (Fsp3) is 0.550. The van der Waals surface area contributed by atoms with E-state index in [4.69, 9.17) is 14.2 Å². The van der Waals surface area contributed by atoms with E-state index in [1.807, 2.05) is 31.2 Å². The van der Waals surface area contributed by atoms with E-state index in [2.05, 4.69) is 15.6 Å². The molecule has 2 amide bonds. The number of ether oxygens (including phenoxy) is 3. The van der Waals surface area contributed by atoms with Crippen LogP contribution in [0.4, 0.5) is 9.59 Å². The van der Waals surface area contributed by atoms with E-state index >= 15 is 0 Å². The zero-order chi connectivity index (χ0) is 21.4. The van der Waals surface area contributed by atoms with Crippen molar-refractivity contribution >= 4 is 18.1 Å². The van der Waals surface area contributed by atoms with E-state index in [0.717, 1.165) is 11.3 Å². The van der Waals surface area contributed by atoms with Crippen LogP contribution < -0.4 is 15.4 Å². The molecule has 0 aliphatic carbocycles. The maximum atomic E-state index is 12.0. The molecule has 0 bridgehead atoms. The standard InChI is InChI=1S/C20H31N3O5/c1-8-26-15-11-9-14(10-12-15)13-21-16(22-17(24)27-19(2,3)4)23-18(25)28-20(5,6)7/h9-12H,8,13H2,1-7H3,(H2,21,22,23,24,25). The van der Waals surface area contributed by atoms with E-state index in [1.54, 1.807) is 41.5 Å². The van der Waals surface area contributed by atoms with Gasteiger partial charge in [0.25, 0.3) is 0 Å². The molecule has 0 unspecified atom stereocenters. The van der Waals surface area contributed by atoms with Crippen LogP contribution >= 0.6 is 0 Å². The van der Waals surface area contributed by atoms with Gasteiger partial charge in [0, 0.05) is 0 Å². The first-order valence-electron chi connectivity index (χ1n) is 9.14. The Morgan fingerprint density at radius 1 is 0.893 bits per heavy atom.